The number of hydrogen-bond donors (Lipinski definition) is 2. The average Bonchev–Trinajstić information content (AvgIpc) is 2.83. The van der Waals surface area contributed by atoms with Gasteiger partial charge in [0.1, 0.15) is 11.6 Å². The van der Waals surface area contributed by atoms with Crippen LogP contribution in [0, 0.1) is 0 Å². The highest BCUT2D eigenvalue weighted by Gasteiger charge is 2.44. The molecule has 0 saturated carbocycles. The summed E-state index contributed by atoms with van der Waals surface area (Å²) in [6, 6.07) is 11.3. The van der Waals surface area contributed by atoms with Crippen molar-refractivity contribution >= 4 is 33.6 Å². The van der Waals surface area contributed by atoms with Gasteiger partial charge in [0.2, 0.25) is 15.9 Å². The molecule has 2 unspecified atom stereocenters. The third-order valence-corrected chi connectivity index (χ3v) is 7.04. The predicted octanol–water partition coefficient (Wildman–Crippen LogP) is 1.45. The van der Waals surface area contributed by atoms with Gasteiger partial charge in [-0.15, -0.1) is 0 Å². The number of ketones is 1. The Labute approximate surface area is 216 Å². The van der Waals surface area contributed by atoms with Crippen molar-refractivity contribution in [1.82, 2.24) is 14.9 Å². The Bertz CT molecular complexity index is 1290. The highest BCUT2D eigenvalue weighted by molar-refractivity contribution is 7.89. The molecule has 2 amide bonds. The molecule has 198 valence electrons. The lowest BCUT2D eigenvalue weighted by molar-refractivity contribution is -0.161. The van der Waals surface area contributed by atoms with Crippen LogP contribution in [0.4, 0.5) is 0 Å². The fourth-order valence-corrected chi connectivity index (χ4v) is 5.07. The highest BCUT2D eigenvalue weighted by Crippen LogP contribution is 2.23. The number of sulfonamides is 1. The van der Waals surface area contributed by atoms with Crippen molar-refractivity contribution in [3.05, 3.63) is 65.7 Å². The number of nitrogens with one attached hydrogen (secondary N) is 2. The summed E-state index contributed by atoms with van der Waals surface area (Å²) in [5, 5.41) is 2.45. The van der Waals surface area contributed by atoms with Gasteiger partial charge in [0.15, 0.2) is 11.8 Å². The van der Waals surface area contributed by atoms with Gasteiger partial charge < -0.3 is 15.0 Å². The molecule has 0 saturated heterocycles. The fraction of sp³-hybridized carbons (Fsp3) is 0.385. The molecule has 0 fully saturated rings. The third kappa shape index (κ3) is 7.01. The van der Waals surface area contributed by atoms with Crippen LogP contribution in [-0.4, -0.2) is 67.7 Å². The molecule has 3 rings (SSSR count). The minimum atomic E-state index is -4.06. The number of rotatable bonds is 9. The summed E-state index contributed by atoms with van der Waals surface area (Å²) >= 11 is 0. The molecule has 0 bridgehead atoms. The van der Waals surface area contributed by atoms with Crippen LogP contribution in [0.1, 0.15) is 43.6 Å². The molecule has 1 aliphatic heterocycles. The van der Waals surface area contributed by atoms with Gasteiger partial charge in [-0.1, -0.05) is 36.4 Å². The molecule has 0 aromatic heterocycles. The lowest BCUT2D eigenvalue weighted by atomic mass is 9.93. The van der Waals surface area contributed by atoms with Gasteiger partial charge in [-0.2, -0.15) is 0 Å². The van der Waals surface area contributed by atoms with Crippen LogP contribution in [0.2, 0.25) is 0 Å². The molecule has 2 aromatic carbocycles. The largest absolute Gasteiger partial charge is 0.458 e. The van der Waals surface area contributed by atoms with Gasteiger partial charge in [0.25, 0.3) is 5.91 Å². The van der Waals surface area contributed by atoms with Crippen molar-refractivity contribution in [1.29, 1.82) is 0 Å². The van der Waals surface area contributed by atoms with E-state index in [4.69, 9.17) is 4.74 Å². The van der Waals surface area contributed by atoms with E-state index in [0.29, 0.717) is 12.0 Å². The van der Waals surface area contributed by atoms with Crippen molar-refractivity contribution in [3.63, 3.8) is 0 Å². The Morgan fingerprint density at radius 1 is 1.03 bits per heavy atom. The second kappa shape index (κ2) is 11.2. The number of benzene rings is 2. The van der Waals surface area contributed by atoms with Crippen LogP contribution in [0.25, 0.3) is 0 Å². The Balaban J connectivity index is 1.99. The van der Waals surface area contributed by atoms with Crippen LogP contribution in [0.5, 0.6) is 0 Å². The van der Waals surface area contributed by atoms with Gasteiger partial charge in [0.05, 0.1) is 11.4 Å². The number of ether oxygens (including phenoxy) is 1. The number of carbonyl (C=O) groups is 4. The molecule has 11 heteroatoms. The van der Waals surface area contributed by atoms with Crippen molar-refractivity contribution in [2.45, 2.75) is 56.7 Å². The number of fused-ring (bicyclic) bond motifs is 1. The van der Waals surface area contributed by atoms with Crippen LogP contribution in [0.3, 0.4) is 0 Å². The van der Waals surface area contributed by atoms with Crippen LogP contribution >= 0.6 is 0 Å². The van der Waals surface area contributed by atoms with Gasteiger partial charge in [-0.05, 0) is 51.0 Å². The van der Waals surface area contributed by atoms with E-state index < -0.39 is 57.8 Å². The first-order valence-electron chi connectivity index (χ1n) is 11.8. The van der Waals surface area contributed by atoms with Crippen LogP contribution in [0.15, 0.2) is 59.5 Å². The molecule has 2 aromatic rings. The summed E-state index contributed by atoms with van der Waals surface area (Å²) in [7, 11) is -4.06. The maximum Gasteiger partial charge on any atom is 0.331 e. The minimum Gasteiger partial charge on any atom is -0.458 e. The molecule has 10 nitrogen and oxygen atoms in total. The second-order valence-corrected chi connectivity index (χ2v) is 11.4. The Morgan fingerprint density at radius 3 is 2.27 bits per heavy atom. The van der Waals surface area contributed by atoms with Crippen molar-refractivity contribution in [2.75, 3.05) is 13.1 Å². The number of carbonyl (C=O) groups excluding carboxylic acids is 4. The fourth-order valence-electron chi connectivity index (χ4n) is 4.05. The van der Waals surface area contributed by atoms with Crippen molar-refractivity contribution in [3.8, 4) is 0 Å². The van der Waals surface area contributed by atoms with E-state index in [1.54, 1.807) is 63.2 Å². The first-order chi connectivity index (χ1) is 17.3. The quantitative estimate of drug-likeness (QED) is 0.469. The first-order valence-corrected chi connectivity index (χ1v) is 13.2. The molecule has 0 radical (unpaired) electrons. The molecular weight excluding hydrogens is 498 g/mol. The standard InChI is InChI=1S/C26H31N3O7S/c1-17(30)28-22(25(33)36-26(2,3)4)23(29-15-14-18-10-8-9-13-20(18)24(29)32)21(31)16-27-37(34,35)19-11-6-5-7-12-19/h5-13,22-23,27H,14-16H2,1-4H3,(H,28,30). The molecule has 2 N–H and O–H groups in total. The number of amides is 2. The van der Waals surface area contributed by atoms with E-state index in [1.165, 1.54) is 24.0 Å². The van der Waals surface area contributed by atoms with E-state index >= 15 is 0 Å². The molecule has 1 heterocycles. The monoisotopic (exact) mass is 529 g/mol. The van der Waals surface area contributed by atoms with Crippen molar-refractivity contribution < 1.29 is 32.3 Å². The number of esters is 1. The van der Waals surface area contributed by atoms with Gasteiger partial charge in [-0.25, -0.2) is 17.9 Å². The topological polar surface area (TPSA) is 139 Å². The molecule has 37 heavy (non-hydrogen) atoms. The Morgan fingerprint density at radius 2 is 1.65 bits per heavy atom. The number of nitrogens with zero attached hydrogens (tertiary/aromatic N) is 1. The van der Waals surface area contributed by atoms with E-state index in [9.17, 15) is 27.6 Å². The summed E-state index contributed by atoms with van der Waals surface area (Å²) in [5.41, 5.74) is 0.199. The lowest BCUT2D eigenvalue weighted by Crippen LogP contribution is -2.63. The zero-order chi connectivity index (χ0) is 27.4. The minimum absolute atomic E-state index is 0.0483. The molecular formula is C26H31N3O7S. The van der Waals surface area contributed by atoms with Gasteiger partial charge >= 0.3 is 5.97 Å². The molecule has 0 spiro atoms. The highest BCUT2D eigenvalue weighted by atomic mass is 32.2. The average molecular weight is 530 g/mol. The maximum atomic E-state index is 13.6. The summed E-state index contributed by atoms with van der Waals surface area (Å²) in [6.45, 7) is 5.42. The number of hydrogen-bond acceptors (Lipinski definition) is 7. The SMILES string of the molecule is CC(=O)NC(C(=O)OC(C)(C)C)C(C(=O)CNS(=O)(=O)c1ccccc1)N1CCc2ccccc2C1=O. The zero-order valence-corrected chi connectivity index (χ0v) is 22.0. The summed E-state index contributed by atoms with van der Waals surface area (Å²) in [6.07, 6.45) is 0.405. The number of Topliss-reactive ketones (excluding diaryl/α,β-unsaturated/α-hetero) is 1. The van der Waals surface area contributed by atoms with E-state index in [-0.39, 0.29) is 11.4 Å². The first kappa shape index (κ1) is 28.0. The zero-order valence-electron chi connectivity index (χ0n) is 21.2. The van der Waals surface area contributed by atoms with Crippen molar-refractivity contribution in [2.24, 2.45) is 0 Å². The summed E-state index contributed by atoms with van der Waals surface area (Å²) < 4.78 is 33.2. The van der Waals surface area contributed by atoms with E-state index in [1.807, 2.05) is 0 Å². The predicted molar refractivity (Wildman–Crippen MR) is 135 cm³/mol. The Hall–Kier alpha value is -3.57. The summed E-state index contributed by atoms with van der Waals surface area (Å²) in [5.74, 6) is -2.83. The third-order valence-electron chi connectivity index (χ3n) is 5.62. The smallest absolute Gasteiger partial charge is 0.331 e. The van der Waals surface area contributed by atoms with Crippen LogP contribution < -0.4 is 10.0 Å². The summed E-state index contributed by atoms with van der Waals surface area (Å²) in [4.78, 5) is 53.5. The second-order valence-electron chi connectivity index (χ2n) is 9.67. The van der Waals surface area contributed by atoms with E-state index in [2.05, 4.69) is 10.0 Å². The molecule has 0 aliphatic carbocycles. The van der Waals surface area contributed by atoms with Gasteiger partial charge in [0, 0.05) is 19.0 Å². The van der Waals surface area contributed by atoms with Gasteiger partial charge in [-0.3, -0.25) is 14.4 Å². The lowest BCUT2D eigenvalue weighted by Gasteiger charge is -2.38. The molecule has 1 aliphatic rings. The Kier molecular flexibility index (Phi) is 8.49. The normalized spacial score (nSPS) is 15.4. The maximum absolute atomic E-state index is 13.6. The molecule has 2 atom stereocenters. The van der Waals surface area contributed by atoms with Crippen LogP contribution in [-0.2, 0) is 35.6 Å². The van der Waals surface area contributed by atoms with E-state index in [0.717, 1.165) is 5.56 Å².